The molecule has 0 N–H and O–H groups in total. The van der Waals surface area contributed by atoms with Gasteiger partial charge in [0.1, 0.15) is 0 Å². The number of hydrogen-bond acceptors (Lipinski definition) is 1. The summed E-state index contributed by atoms with van der Waals surface area (Å²) in [7, 11) is 0. The SMILES string of the molecule is C=CCN=Cc1ccccc1Br. The van der Waals surface area contributed by atoms with Crippen molar-refractivity contribution >= 4 is 22.1 Å². The summed E-state index contributed by atoms with van der Waals surface area (Å²) in [5, 5.41) is 0. The van der Waals surface area contributed by atoms with Crippen LogP contribution in [0.5, 0.6) is 0 Å². The lowest BCUT2D eigenvalue weighted by Crippen LogP contribution is -1.83. The van der Waals surface area contributed by atoms with Gasteiger partial charge in [-0.3, -0.25) is 4.99 Å². The molecule has 0 unspecified atom stereocenters. The first-order valence-electron chi connectivity index (χ1n) is 3.70. The molecule has 0 aliphatic carbocycles. The maximum absolute atomic E-state index is 4.15. The summed E-state index contributed by atoms with van der Waals surface area (Å²) in [4.78, 5) is 4.15. The fourth-order valence-electron chi connectivity index (χ4n) is 0.805. The molecule has 0 heterocycles. The van der Waals surface area contributed by atoms with Crippen LogP contribution in [0.1, 0.15) is 5.56 Å². The van der Waals surface area contributed by atoms with E-state index in [2.05, 4.69) is 27.5 Å². The van der Waals surface area contributed by atoms with E-state index in [0.29, 0.717) is 6.54 Å². The van der Waals surface area contributed by atoms with E-state index in [1.165, 1.54) is 0 Å². The minimum atomic E-state index is 0.668. The van der Waals surface area contributed by atoms with Crippen molar-refractivity contribution in [2.45, 2.75) is 0 Å². The molecule has 1 rings (SSSR count). The zero-order valence-corrected chi connectivity index (χ0v) is 8.29. The third kappa shape index (κ3) is 2.62. The number of halogens is 1. The highest BCUT2D eigenvalue weighted by Gasteiger charge is 1.91. The molecule has 1 nitrogen and oxygen atoms in total. The van der Waals surface area contributed by atoms with E-state index in [-0.39, 0.29) is 0 Å². The lowest BCUT2D eigenvalue weighted by molar-refractivity contribution is 1.26. The zero-order chi connectivity index (χ0) is 8.81. The van der Waals surface area contributed by atoms with E-state index >= 15 is 0 Å². The highest BCUT2D eigenvalue weighted by Crippen LogP contribution is 2.13. The molecule has 0 atom stereocenters. The Balaban J connectivity index is 2.74. The Labute approximate surface area is 81.0 Å². The molecular weight excluding hydrogens is 214 g/mol. The van der Waals surface area contributed by atoms with E-state index in [1.54, 1.807) is 6.08 Å². The predicted molar refractivity (Wildman–Crippen MR) is 56.8 cm³/mol. The number of aliphatic imine (C=N–C) groups is 1. The van der Waals surface area contributed by atoms with Crippen LogP contribution in [-0.4, -0.2) is 12.8 Å². The Bertz CT molecular complexity index is 292. The van der Waals surface area contributed by atoms with Crippen molar-refractivity contribution in [3.05, 3.63) is 47.0 Å². The fourth-order valence-corrected chi connectivity index (χ4v) is 1.19. The van der Waals surface area contributed by atoms with Gasteiger partial charge in [0.05, 0.1) is 6.54 Å². The summed E-state index contributed by atoms with van der Waals surface area (Å²) in [5.41, 5.74) is 1.10. The summed E-state index contributed by atoms with van der Waals surface area (Å²) >= 11 is 3.43. The molecule has 2 heteroatoms. The molecule has 1 aromatic carbocycles. The van der Waals surface area contributed by atoms with Crippen molar-refractivity contribution < 1.29 is 0 Å². The van der Waals surface area contributed by atoms with Gasteiger partial charge < -0.3 is 0 Å². The topological polar surface area (TPSA) is 12.4 Å². The summed E-state index contributed by atoms with van der Waals surface area (Å²) in [6, 6.07) is 7.97. The Morgan fingerprint density at radius 2 is 2.17 bits per heavy atom. The third-order valence-corrected chi connectivity index (χ3v) is 2.09. The van der Waals surface area contributed by atoms with E-state index in [1.807, 2.05) is 30.5 Å². The van der Waals surface area contributed by atoms with E-state index in [0.717, 1.165) is 10.0 Å². The second-order valence-electron chi connectivity index (χ2n) is 2.30. The molecular formula is C10H10BrN. The Morgan fingerprint density at radius 3 is 2.83 bits per heavy atom. The van der Waals surface area contributed by atoms with Gasteiger partial charge in [-0.1, -0.05) is 40.2 Å². The minimum absolute atomic E-state index is 0.668. The second-order valence-corrected chi connectivity index (χ2v) is 3.16. The standard InChI is InChI=1S/C10H10BrN/c1-2-7-12-8-9-5-3-4-6-10(9)11/h2-6,8H,1,7H2. The smallest absolute Gasteiger partial charge is 0.0567 e. The Morgan fingerprint density at radius 1 is 1.42 bits per heavy atom. The van der Waals surface area contributed by atoms with Gasteiger partial charge >= 0.3 is 0 Å². The Hall–Kier alpha value is -0.890. The van der Waals surface area contributed by atoms with Gasteiger partial charge in [0.2, 0.25) is 0 Å². The van der Waals surface area contributed by atoms with E-state index in [4.69, 9.17) is 0 Å². The molecule has 0 saturated carbocycles. The number of hydrogen-bond donors (Lipinski definition) is 0. The first-order chi connectivity index (χ1) is 5.84. The number of benzene rings is 1. The van der Waals surface area contributed by atoms with Crippen LogP contribution in [0.4, 0.5) is 0 Å². The first kappa shape index (κ1) is 9.20. The highest BCUT2D eigenvalue weighted by molar-refractivity contribution is 9.10. The summed E-state index contributed by atoms with van der Waals surface area (Å²) < 4.78 is 1.07. The van der Waals surface area contributed by atoms with E-state index in [9.17, 15) is 0 Å². The normalized spacial score (nSPS) is 10.4. The average molecular weight is 224 g/mol. The molecule has 0 spiro atoms. The molecule has 0 radical (unpaired) electrons. The molecule has 12 heavy (non-hydrogen) atoms. The number of nitrogens with zero attached hydrogens (tertiary/aromatic N) is 1. The van der Waals surface area contributed by atoms with Gasteiger partial charge in [-0.25, -0.2) is 0 Å². The molecule has 0 aromatic heterocycles. The molecule has 0 aliphatic rings. The lowest BCUT2D eigenvalue weighted by atomic mass is 10.2. The van der Waals surface area contributed by atoms with Crippen LogP contribution in [0.2, 0.25) is 0 Å². The molecule has 0 aliphatic heterocycles. The minimum Gasteiger partial charge on any atom is -0.288 e. The van der Waals surface area contributed by atoms with E-state index < -0.39 is 0 Å². The number of rotatable bonds is 3. The van der Waals surface area contributed by atoms with Crippen molar-refractivity contribution in [1.29, 1.82) is 0 Å². The van der Waals surface area contributed by atoms with Crippen molar-refractivity contribution in [3.8, 4) is 0 Å². The lowest BCUT2D eigenvalue weighted by Gasteiger charge is -1.94. The van der Waals surface area contributed by atoms with Gasteiger partial charge in [-0.05, 0) is 6.07 Å². The molecule has 1 aromatic rings. The van der Waals surface area contributed by atoms with Crippen LogP contribution < -0.4 is 0 Å². The average Bonchev–Trinajstić information content (AvgIpc) is 2.09. The maximum Gasteiger partial charge on any atom is 0.0567 e. The summed E-state index contributed by atoms with van der Waals surface area (Å²) in [6.07, 6.45) is 3.61. The molecule has 0 bridgehead atoms. The Kier molecular flexibility index (Phi) is 3.74. The predicted octanol–water partition coefficient (Wildman–Crippen LogP) is 3.05. The summed E-state index contributed by atoms with van der Waals surface area (Å²) in [5.74, 6) is 0. The highest BCUT2D eigenvalue weighted by atomic mass is 79.9. The van der Waals surface area contributed by atoms with Crippen LogP contribution >= 0.6 is 15.9 Å². The van der Waals surface area contributed by atoms with Crippen molar-refractivity contribution in [3.63, 3.8) is 0 Å². The van der Waals surface area contributed by atoms with Crippen molar-refractivity contribution in [2.24, 2.45) is 4.99 Å². The van der Waals surface area contributed by atoms with Crippen LogP contribution in [0.3, 0.4) is 0 Å². The largest absolute Gasteiger partial charge is 0.288 e. The van der Waals surface area contributed by atoms with Crippen LogP contribution in [0.25, 0.3) is 0 Å². The zero-order valence-electron chi connectivity index (χ0n) is 6.70. The van der Waals surface area contributed by atoms with Crippen LogP contribution in [-0.2, 0) is 0 Å². The summed E-state index contributed by atoms with van der Waals surface area (Å²) in [6.45, 7) is 4.26. The molecule has 62 valence electrons. The first-order valence-corrected chi connectivity index (χ1v) is 4.49. The third-order valence-electron chi connectivity index (χ3n) is 1.37. The van der Waals surface area contributed by atoms with Crippen LogP contribution in [0.15, 0.2) is 46.4 Å². The van der Waals surface area contributed by atoms with Gasteiger partial charge in [0.25, 0.3) is 0 Å². The van der Waals surface area contributed by atoms with Gasteiger partial charge in [-0.2, -0.15) is 0 Å². The monoisotopic (exact) mass is 223 g/mol. The van der Waals surface area contributed by atoms with Gasteiger partial charge in [-0.15, -0.1) is 6.58 Å². The fraction of sp³-hybridized carbons (Fsp3) is 0.100. The van der Waals surface area contributed by atoms with Gasteiger partial charge in [0, 0.05) is 16.3 Å². The van der Waals surface area contributed by atoms with Gasteiger partial charge in [0.15, 0.2) is 0 Å². The molecule has 0 saturated heterocycles. The van der Waals surface area contributed by atoms with Crippen molar-refractivity contribution in [1.82, 2.24) is 0 Å². The molecule has 0 fully saturated rings. The maximum atomic E-state index is 4.15. The van der Waals surface area contributed by atoms with Crippen LogP contribution in [0, 0.1) is 0 Å². The quantitative estimate of drug-likeness (QED) is 0.552. The van der Waals surface area contributed by atoms with Crippen molar-refractivity contribution in [2.75, 3.05) is 6.54 Å². The molecule has 0 amide bonds. The second kappa shape index (κ2) is 4.88.